The molecule has 2 aliphatic heterocycles. The number of allylic oxidation sites excluding steroid dienone is 2. The fourth-order valence-corrected chi connectivity index (χ4v) is 7.78. The van der Waals surface area contributed by atoms with Gasteiger partial charge in [0, 0.05) is 49.1 Å². The molecular formula is C30H34N8O5. The molecule has 7 rings (SSSR count). The van der Waals surface area contributed by atoms with Crippen molar-refractivity contribution in [2.24, 2.45) is 40.6 Å². The van der Waals surface area contributed by atoms with Crippen molar-refractivity contribution in [2.45, 2.75) is 45.8 Å². The van der Waals surface area contributed by atoms with Gasteiger partial charge in [-0.25, -0.2) is 19.8 Å². The maximum Gasteiger partial charge on any atom is 0.343 e. The molecule has 6 atom stereocenters. The number of aromatic hydroxyl groups is 1. The molecule has 5 N–H and O–H groups in total. The number of aromatic nitrogens is 6. The fourth-order valence-electron chi connectivity index (χ4n) is 7.78. The number of imidazole rings is 2. The highest BCUT2D eigenvalue weighted by molar-refractivity contribution is 5.97. The molecule has 3 aromatic rings. The highest BCUT2D eigenvalue weighted by atomic mass is 16.5. The predicted molar refractivity (Wildman–Crippen MR) is 157 cm³/mol. The Morgan fingerprint density at radius 3 is 2.86 bits per heavy atom. The molecule has 13 heteroatoms. The second-order valence-corrected chi connectivity index (χ2v) is 12.6. The number of hydrogen-bond acceptors (Lipinski definition) is 11. The average Bonchev–Trinajstić information content (AvgIpc) is 3.66. The molecule has 0 radical (unpaired) electrons. The van der Waals surface area contributed by atoms with Gasteiger partial charge in [-0.15, -0.1) is 0 Å². The van der Waals surface area contributed by atoms with Crippen LogP contribution < -0.4 is 5.73 Å². The highest BCUT2D eigenvalue weighted by Gasteiger charge is 2.60. The van der Waals surface area contributed by atoms with Gasteiger partial charge in [-0.1, -0.05) is 26.0 Å². The molecular weight excluding hydrogens is 552 g/mol. The fraction of sp³-hybridized carbons (Fsp3) is 0.467. The molecule has 224 valence electrons. The summed E-state index contributed by atoms with van der Waals surface area (Å²) in [5, 5.41) is 31.7. The number of aliphatic hydroxyl groups is 2. The molecule has 4 aliphatic rings. The van der Waals surface area contributed by atoms with E-state index in [1.54, 1.807) is 30.0 Å². The van der Waals surface area contributed by atoms with Crippen LogP contribution >= 0.6 is 0 Å². The van der Waals surface area contributed by atoms with Crippen LogP contribution in [-0.4, -0.2) is 68.8 Å². The van der Waals surface area contributed by atoms with Gasteiger partial charge in [0.05, 0.1) is 18.3 Å². The number of aryl methyl sites for hydroxylation is 1. The smallest absolute Gasteiger partial charge is 0.343 e. The quantitative estimate of drug-likeness (QED) is 0.331. The highest BCUT2D eigenvalue weighted by Crippen LogP contribution is 2.61. The number of nitrogens with zero attached hydrogens (tertiary/aromatic N) is 7. The lowest BCUT2D eigenvalue weighted by Gasteiger charge is -2.61. The SMILES string of the molecule is Cn1c(/C=C2C=C(/C=C/C3C4Cn5ccnc5N=C4CC4[C@]3(C)CC[C@@H](O)[C@@]4(C)CO)C(=O)O\2)nc2c(O)nc(N)nc21. The van der Waals surface area contributed by atoms with Crippen molar-refractivity contribution in [2.75, 3.05) is 12.3 Å². The molecule has 43 heavy (non-hydrogen) atoms. The normalized spacial score (nSPS) is 32.9. The monoisotopic (exact) mass is 586 g/mol. The average molecular weight is 587 g/mol. The minimum Gasteiger partial charge on any atom is -0.492 e. The molecule has 13 nitrogen and oxygen atoms in total. The number of esters is 1. The first-order chi connectivity index (χ1) is 20.5. The lowest BCUT2D eigenvalue weighted by Crippen LogP contribution is -2.60. The maximum atomic E-state index is 13.0. The van der Waals surface area contributed by atoms with E-state index in [4.69, 9.17) is 15.5 Å². The summed E-state index contributed by atoms with van der Waals surface area (Å²) in [4.78, 5) is 34.6. The minimum atomic E-state index is -0.685. The van der Waals surface area contributed by atoms with Crippen LogP contribution in [0.15, 0.2) is 46.9 Å². The summed E-state index contributed by atoms with van der Waals surface area (Å²) in [6.07, 6.45) is 12.3. The van der Waals surface area contributed by atoms with E-state index < -0.39 is 17.5 Å². The van der Waals surface area contributed by atoms with Crippen molar-refractivity contribution in [3.8, 4) is 5.88 Å². The molecule has 0 saturated heterocycles. The number of hydrogen-bond donors (Lipinski definition) is 4. The van der Waals surface area contributed by atoms with Gasteiger partial charge in [0.15, 0.2) is 11.2 Å². The van der Waals surface area contributed by atoms with Gasteiger partial charge in [-0.05, 0) is 42.6 Å². The molecule has 0 bridgehead atoms. The van der Waals surface area contributed by atoms with E-state index in [0.717, 1.165) is 12.1 Å². The van der Waals surface area contributed by atoms with E-state index >= 15 is 0 Å². The maximum absolute atomic E-state index is 13.0. The van der Waals surface area contributed by atoms with Gasteiger partial charge in [0.1, 0.15) is 11.6 Å². The van der Waals surface area contributed by atoms with E-state index in [2.05, 4.69) is 37.5 Å². The number of anilines is 1. The Balaban J connectivity index is 1.25. The summed E-state index contributed by atoms with van der Waals surface area (Å²) < 4.78 is 9.24. The number of ether oxygens (including phenoxy) is 1. The third-order valence-electron chi connectivity index (χ3n) is 10.3. The van der Waals surface area contributed by atoms with Crippen LogP contribution in [0.25, 0.3) is 17.2 Å². The standard InChI is InChI=1S/C30H34N8O5/c1-29-7-6-21(40)30(2,14-39)20(29)12-19-17(13-38-9-8-32-28(38)33-19)18(29)5-4-15-10-16(43-26(15)42)11-22-34-23-24(37(22)3)35-27(31)36-25(23)41/h4-5,8-11,17-18,20-21,39-40H,6-7,12-14H2,1-3H3,(H3,31,35,36,41)/b5-4+,16-11+/t17?,18?,20?,21-,29-,30+/m1/s1. The number of cyclic esters (lactones) is 1. The van der Waals surface area contributed by atoms with Crippen LogP contribution in [-0.2, 0) is 23.1 Å². The molecule has 0 aromatic carbocycles. The summed E-state index contributed by atoms with van der Waals surface area (Å²) in [7, 11) is 1.71. The number of aliphatic imine (C=N–C) groups is 1. The Kier molecular flexibility index (Phi) is 6.12. The summed E-state index contributed by atoms with van der Waals surface area (Å²) in [5.74, 6) is 0.511. The van der Waals surface area contributed by atoms with Gasteiger partial charge in [0.25, 0.3) is 0 Å². The lowest BCUT2D eigenvalue weighted by molar-refractivity contribution is -0.147. The topological polar surface area (TPSA) is 187 Å². The van der Waals surface area contributed by atoms with Crippen LogP contribution in [0.3, 0.4) is 0 Å². The van der Waals surface area contributed by atoms with E-state index in [1.165, 1.54) is 0 Å². The molecule has 2 fully saturated rings. The first kappa shape index (κ1) is 27.5. The predicted octanol–water partition coefficient (Wildman–Crippen LogP) is 2.43. The van der Waals surface area contributed by atoms with Crippen molar-refractivity contribution in [3.05, 3.63) is 47.8 Å². The molecule has 3 aromatic heterocycles. The van der Waals surface area contributed by atoms with E-state index in [-0.39, 0.29) is 47.1 Å². The number of carbonyl (C=O) groups is 1. The van der Waals surface area contributed by atoms with Crippen LogP contribution in [0.4, 0.5) is 11.9 Å². The second kappa shape index (κ2) is 9.58. The largest absolute Gasteiger partial charge is 0.492 e. The first-order valence-electron chi connectivity index (χ1n) is 14.4. The number of nitrogen functional groups attached to an aromatic ring is 1. The van der Waals surface area contributed by atoms with E-state index in [1.807, 2.05) is 19.2 Å². The molecule has 2 saturated carbocycles. The molecule has 0 amide bonds. The number of aliphatic hydroxyl groups excluding tert-OH is 2. The Hall–Kier alpha value is -4.36. The lowest BCUT2D eigenvalue weighted by atomic mass is 9.45. The number of fused-ring (bicyclic) bond motifs is 4. The van der Waals surface area contributed by atoms with Crippen LogP contribution in [0, 0.1) is 28.6 Å². The van der Waals surface area contributed by atoms with Gasteiger partial charge < -0.3 is 34.9 Å². The summed E-state index contributed by atoms with van der Waals surface area (Å²) in [5.41, 5.74) is 6.68. The Morgan fingerprint density at radius 2 is 2.07 bits per heavy atom. The molecule has 2 aliphatic carbocycles. The summed E-state index contributed by atoms with van der Waals surface area (Å²) in [6.45, 7) is 4.81. The number of nitrogens with two attached hydrogens (primary N) is 1. The summed E-state index contributed by atoms with van der Waals surface area (Å²) in [6, 6.07) is 0. The Bertz CT molecular complexity index is 1790. The van der Waals surface area contributed by atoms with Gasteiger partial charge in [-0.3, -0.25) is 0 Å². The Labute approximate surface area is 247 Å². The Morgan fingerprint density at radius 1 is 1.26 bits per heavy atom. The van der Waals surface area contributed by atoms with Crippen LogP contribution in [0.5, 0.6) is 5.88 Å². The van der Waals surface area contributed by atoms with E-state index in [0.29, 0.717) is 48.1 Å². The summed E-state index contributed by atoms with van der Waals surface area (Å²) >= 11 is 0. The number of rotatable bonds is 4. The minimum absolute atomic E-state index is 0.0208. The van der Waals surface area contributed by atoms with Crippen molar-refractivity contribution in [1.29, 1.82) is 0 Å². The third-order valence-corrected chi connectivity index (χ3v) is 10.3. The zero-order valence-electron chi connectivity index (χ0n) is 24.2. The second-order valence-electron chi connectivity index (χ2n) is 12.6. The number of carbonyl (C=O) groups excluding carboxylic acids is 1. The first-order valence-corrected chi connectivity index (χ1v) is 14.4. The van der Waals surface area contributed by atoms with Crippen molar-refractivity contribution in [1.82, 2.24) is 29.1 Å². The van der Waals surface area contributed by atoms with Gasteiger partial charge in [-0.2, -0.15) is 9.97 Å². The van der Waals surface area contributed by atoms with Gasteiger partial charge >= 0.3 is 5.97 Å². The van der Waals surface area contributed by atoms with Crippen molar-refractivity contribution in [3.63, 3.8) is 0 Å². The van der Waals surface area contributed by atoms with Crippen molar-refractivity contribution < 1.29 is 24.9 Å². The molecule has 0 spiro atoms. The zero-order chi connectivity index (χ0) is 30.3. The molecule has 5 heterocycles. The molecule has 3 unspecified atom stereocenters. The third kappa shape index (κ3) is 4.13. The van der Waals surface area contributed by atoms with E-state index in [9.17, 15) is 20.1 Å². The van der Waals surface area contributed by atoms with Crippen LogP contribution in [0.2, 0.25) is 0 Å². The van der Waals surface area contributed by atoms with Crippen molar-refractivity contribution >= 4 is 40.8 Å². The van der Waals surface area contributed by atoms with Crippen LogP contribution in [0.1, 0.15) is 38.9 Å². The van der Waals surface area contributed by atoms with Gasteiger partial charge in [0.2, 0.25) is 17.8 Å². The zero-order valence-corrected chi connectivity index (χ0v) is 24.2.